The number of nitrogens with one attached hydrogen (secondary N) is 1. The summed E-state index contributed by atoms with van der Waals surface area (Å²) in [4.78, 5) is 16.9. The highest BCUT2D eigenvalue weighted by atomic mass is 35.5. The van der Waals surface area contributed by atoms with E-state index in [-0.39, 0.29) is 18.3 Å². The molecule has 3 aliphatic heterocycles. The highest BCUT2D eigenvalue weighted by molar-refractivity contribution is 5.96. The molecule has 2 fully saturated rings. The van der Waals surface area contributed by atoms with Crippen molar-refractivity contribution in [2.24, 2.45) is 11.8 Å². The molecule has 1 aromatic rings. The topological polar surface area (TPSA) is 35.6 Å². The van der Waals surface area contributed by atoms with Crippen LogP contribution in [0.5, 0.6) is 0 Å². The van der Waals surface area contributed by atoms with Gasteiger partial charge < -0.3 is 10.2 Å². The predicted octanol–water partition coefficient (Wildman–Crippen LogP) is 1.15. The van der Waals surface area contributed by atoms with Gasteiger partial charge in [0.15, 0.2) is 0 Å². The molecular weight excluding hydrogens is 286 g/mol. The SMILES string of the molecule is Cl.O=C(CN1C[C@H]2CNC[C@H]2C1)N1CCc2ccccc21. The summed E-state index contributed by atoms with van der Waals surface area (Å²) in [6.07, 6.45) is 0.997. The molecule has 3 heterocycles. The molecule has 0 unspecified atom stereocenters. The molecule has 4 nitrogen and oxygen atoms in total. The van der Waals surface area contributed by atoms with Crippen molar-refractivity contribution >= 4 is 24.0 Å². The number of para-hydroxylation sites is 1. The highest BCUT2D eigenvalue weighted by Gasteiger charge is 2.37. The second-order valence-corrected chi connectivity index (χ2v) is 6.30. The summed E-state index contributed by atoms with van der Waals surface area (Å²) in [6, 6.07) is 8.29. The molecule has 0 radical (unpaired) electrons. The van der Waals surface area contributed by atoms with E-state index >= 15 is 0 Å². The fourth-order valence-corrected chi connectivity index (χ4v) is 3.96. The Morgan fingerprint density at radius 3 is 2.67 bits per heavy atom. The zero-order valence-corrected chi connectivity index (χ0v) is 12.9. The monoisotopic (exact) mass is 307 g/mol. The third kappa shape index (κ3) is 2.68. The molecule has 5 heteroatoms. The number of likely N-dealkylation sites (tertiary alicyclic amines) is 1. The molecule has 1 aromatic carbocycles. The summed E-state index contributed by atoms with van der Waals surface area (Å²) in [6.45, 7) is 5.85. The number of hydrogen-bond donors (Lipinski definition) is 1. The third-order valence-electron chi connectivity index (χ3n) is 5.01. The number of halogens is 1. The second kappa shape index (κ2) is 5.95. The van der Waals surface area contributed by atoms with Gasteiger partial charge in [-0.15, -0.1) is 12.4 Å². The molecule has 1 N–H and O–H groups in total. The number of rotatable bonds is 2. The fraction of sp³-hybridized carbons (Fsp3) is 0.562. The smallest absolute Gasteiger partial charge is 0.241 e. The van der Waals surface area contributed by atoms with E-state index in [1.54, 1.807) is 0 Å². The van der Waals surface area contributed by atoms with Crippen molar-refractivity contribution in [2.45, 2.75) is 6.42 Å². The standard InChI is InChI=1S/C16H21N3O.ClH/c20-16(11-18-9-13-7-17-8-14(13)10-18)19-6-5-12-3-1-2-4-15(12)19;/h1-4,13-14,17H,5-11H2;1H/t13-,14+;. The minimum Gasteiger partial charge on any atom is -0.316 e. The van der Waals surface area contributed by atoms with Gasteiger partial charge in [-0.1, -0.05) is 18.2 Å². The molecule has 2 atom stereocenters. The summed E-state index contributed by atoms with van der Waals surface area (Å²) in [5, 5.41) is 3.44. The van der Waals surface area contributed by atoms with Gasteiger partial charge in [-0.3, -0.25) is 9.69 Å². The summed E-state index contributed by atoms with van der Waals surface area (Å²) < 4.78 is 0. The zero-order valence-electron chi connectivity index (χ0n) is 12.1. The molecule has 0 bridgehead atoms. The predicted molar refractivity (Wildman–Crippen MR) is 86.0 cm³/mol. The van der Waals surface area contributed by atoms with Gasteiger partial charge in [-0.05, 0) is 43.0 Å². The van der Waals surface area contributed by atoms with E-state index in [1.807, 2.05) is 11.0 Å². The fourth-order valence-electron chi connectivity index (χ4n) is 3.96. The maximum atomic E-state index is 12.6. The van der Waals surface area contributed by atoms with E-state index in [4.69, 9.17) is 0 Å². The van der Waals surface area contributed by atoms with Crippen molar-refractivity contribution in [1.29, 1.82) is 0 Å². The Balaban J connectivity index is 0.00000132. The molecule has 1 amide bonds. The Morgan fingerprint density at radius 1 is 1.19 bits per heavy atom. The second-order valence-electron chi connectivity index (χ2n) is 6.30. The van der Waals surface area contributed by atoms with Gasteiger partial charge in [0, 0.05) is 25.3 Å². The van der Waals surface area contributed by atoms with Gasteiger partial charge in [0.25, 0.3) is 0 Å². The summed E-state index contributed by atoms with van der Waals surface area (Å²) >= 11 is 0. The average Bonchev–Trinajstić information content (AvgIpc) is 3.10. The van der Waals surface area contributed by atoms with E-state index < -0.39 is 0 Å². The van der Waals surface area contributed by atoms with Gasteiger partial charge in [-0.25, -0.2) is 0 Å². The molecule has 4 rings (SSSR count). The van der Waals surface area contributed by atoms with Crippen molar-refractivity contribution < 1.29 is 4.79 Å². The minimum atomic E-state index is 0. The van der Waals surface area contributed by atoms with Crippen molar-refractivity contribution in [2.75, 3.05) is 44.2 Å². The number of carbonyl (C=O) groups is 1. The molecular formula is C16H22ClN3O. The molecule has 21 heavy (non-hydrogen) atoms. The summed E-state index contributed by atoms with van der Waals surface area (Å²) in [5.41, 5.74) is 2.43. The lowest BCUT2D eigenvalue weighted by Gasteiger charge is -2.22. The van der Waals surface area contributed by atoms with Gasteiger partial charge >= 0.3 is 0 Å². The summed E-state index contributed by atoms with van der Waals surface area (Å²) in [5.74, 6) is 1.78. The summed E-state index contributed by atoms with van der Waals surface area (Å²) in [7, 11) is 0. The van der Waals surface area contributed by atoms with Crippen molar-refractivity contribution in [1.82, 2.24) is 10.2 Å². The first-order valence-corrected chi connectivity index (χ1v) is 7.62. The van der Waals surface area contributed by atoms with E-state index in [1.165, 1.54) is 5.56 Å². The number of amides is 1. The van der Waals surface area contributed by atoms with E-state index in [9.17, 15) is 4.79 Å². The average molecular weight is 308 g/mol. The van der Waals surface area contributed by atoms with Crippen LogP contribution in [0.4, 0.5) is 5.69 Å². The van der Waals surface area contributed by atoms with Crippen LogP contribution in [0.25, 0.3) is 0 Å². The molecule has 0 saturated carbocycles. The van der Waals surface area contributed by atoms with Gasteiger partial charge in [0.2, 0.25) is 5.91 Å². The van der Waals surface area contributed by atoms with Crippen molar-refractivity contribution in [3.63, 3.8) is 0 Å². The Hall–Kier alpha value is -1.10. The van der Waals surface area contributed by atoms with Crippen LogP contribution in [-0.2, 0) is 11.2 Å². The lowest BCUT2D eigenvalue weighted by atomic mass is 10.0. The van der Waals surface area contributed by atoms with Crippen molar-refractivity contribution in [3.05, 3.63) is 29.8 Å². The number of carbonyl (C=O) groups excluding carboxylic acids is 1. The van der Waals surface area contributed by atoms with Crippen molar-refractivity contribution in [3.8, 4) is 0 Å². The van der Waals surface area contributed by atoms with Crippen LogP contribution < -0.4 is 10.2 Å². The molecule has 3 aliphatic rings. The van der Waals surface area contributed by atoms with Gasteiger partial charge in [0.1, 0.15) is 0 Å². The maximum absolute atomic E-state index is 12.6. The molecule has 2 saturated heterocycles. The number of nitrogens with zero attached hydrogens (tertiary/aromatic N) is 2. The van der Waals surface area contributed by atoms with Crippen LogP contribution in [-0.4, -0.2) is 50.1 Å². The van der Waals surface area contributed by atoms with Gasteiger partial charge in [-0.2, -0.15) is 0 Å². The zero-order chi connectivity index (χ0) is 13.5. The number of hydrogen-bond acceptors (Lipinski definition) is 3. The number of benzene rings is 1. The third-order valence-corrected chi connectivity index (χ3v) is 5.01. The molecule has 0 spiro atoms. The lowest BCUT2D eigenvalue weighted by molar-refractivity contribution is -0.119. The molecule has 0 aromatic heterocycles. The molecule has 114 valence electrons. The first-order chi connectivity index (χ1) is 9.81. The van der Waals surface area contributed by atoms with Crippen LogP contribution in [0.2, 0.25) is 0 Å². The lowest BCUT2D eigenvalue weighted by Crippen LogP contribution is -2.39. The Morgan fingerprint density at radius 2 is 1.90 bits per heavy atom. The van der Waals surface area contributed by atoms with Crippen LogP contribution in [0.3, 0.4) is 0 Å². The van der Waals surface area contributed by atoms with Crippen LogP contribution in [0.1, 0.15) is 5.56 Å². The maximum Gasteiger partial charge on any atom is 0.241 e. The van der Waals surface area contributed by atoms with E-state index in [0.29, 0.717) is 6.54 Å². The Kier molecular flexibility index (Phi) is 4.20. The highest BCUT2D eigenvalue weighted by Crippen LogP contribution is 2.29. The van der Waals surface area contributed by atoms with Crippen LogP contribution in [0, 0.1) is 11.8 Å². The Labute approximate surface area is 131 Å². The minimum absolute atomic E-state index is 0. The molecule has 0 aliphatic carbocycles. The first kappa shape index (κ1) is 14.8. The van der Waals surface area contributed by atoms with Crippen LogP contribution in [0.15, 0.2) is 24.3 Å². The normalized spacial score (nSPS) is 27.3. The van der Waals surface area contributed by atoms with Gasteiger partial charge in [0.05, 0.1) is 6.54 Å². The van der Waals surface area contributed by atoms with E-state index in [2.05, 4.69) is 28.4 Å². The number of anilines is 1. The first-order valence-electron chi connectivity index (χ1n) is 7.62. The quantitative estimate of drug-likeness (QED) is 0.890. The Bertz CT molecular complexity index is 524. The van der Waals surface area contributed by atoms with Crippen LogP contribution >= 0.6 is 12.4 Å². The van der Waals surface area contributed by atoms with E-state index in [0.717, 1.165) is 56.7 Å². The largest absolute Gasteiger partial charge is 0.316 e. The number of fused-ring (bicyclic) bond motifs is 2.